The highest BCUT2D eigenvalue weighted by Crippen LogP contribution is 2.38. The van der Waals surface area contributed by atoms with Gasteiger partial charge >= 0.3 is 0 Å². The molecule has 1 aliphatic heterocycles. The summed E-state index contributed by atoms with van der Waals surface area (Å²) in [5.74, 6) is 3.46. The minimum Gasteiger partial charge on any atom is -0.339 e. The molecule has 2 aliphatic rings. The van der Waals surface area contributed by atoms with E-state index in [1.807, 2.05) is 11.8 Å². The van der Waals surface area contributed by atoms with Gasteiger partial charge in [-0.15, -0.1) is 0 Å². The Hall–Kier alpha value is -0.550. The van der Waals surface area contributed by atoms with Gasteiger partial charge in [0.05, 0.1) is 11.2 Å². The van der Waals surface area contributed by atoms with Crippen LogP contribution in [0.3, 0.4) is 0 Å². The van der Waals surface area contributed by atoms with Gasteiger partial charge in [0.1, 0.15) is 0 Å². The van der Waals surface area contributed by atoms with E-state index in [2.05, 4.69) is 17.4 Å². The first-order chi connectivity index (χ1) is 10.4. The lowest BCUT2D eigenvalue weighted by Crippen LogP contribution is -2.34. The van der Waals surface area contributed by atoms with E-state index in [1.165, 1.54) is 57.1 Å². The van der Waals surface area contributed by atoms with Gasteiger partial charge in [0.15, 0.2) is 5.82 Å². The first-order valence-electron chi connectivity index (χ1n) is 8.57. The fraction of sp³-hybridized carbons (Fsp3) is 0.875. The zero-order chi connectivity index (χ0) is 14.5. The normalized spacial score (nSPS) is 31.0. The molecule has 3 rings (SSSR count). The fourth-order valence-electron chi connectivity index (χ4n) is 3.58. The molecule has 1 aromatic heterocycles. The predicted octanol–water partition coefficient (Wildman–Crippen LogP) is 4.05. The summed E-state index contributed by atoms with van der Waals surface area (Å²) >= 11 is 1.99. The number of nitrogens with one attached hydrogen (secondary N) is 1. The Bertz CT molecular complexity index is 431. The van der Waals surface area contributed by atoms with Crippen molar-refractivity contribution in [2.24, 2.45) is 0 Å². The molecule has 0 spiro atoms. The summed E-state index contributed by atoms with van der Waals surface area (Å²) in [6.45, 7) is 3.19. The van der Waals surface area contributed by atoms with Crippen LogP contribution in [-0.2, 0) is 0 Å². The van der Waals surface area contributed by atoms with E-state index in [0.29, 0.717) is 17.2 Å². The molecule has 2 heterocycles. The Balaban J connectivity index is 1.72. The van der Waals surface area contributed by atoms with Crippen molar-refractivity contribution >= 4 is 11.8 Å². The molecule has 4 nitrogen and oxygen atoms in total. The topological polar surface area (TPSA) is 51.0 Å². The van der Waals surface area contributed by atoms with Gasteiger partial charge < -0.3 is 9.84 Å². The second-order valence-corrected chi connectivity index (χ2v) is 7.57. The van der Waals surface area contributed by atoms with E-state index in [-0.39, 0.29) is 0 Å². The van der Waals surface area contributed by atoms with Crippen LogP contribution in [0, 0.1) is 0 Å². The van der Waals surface area contributed by atoms with Crippen molar-refractivity contribution < 1.29 is 4.52 Å². The van der Waals surface area contributed by atoms with Crippen LogP contribution >= 0.6 is 11.8 Å². The first-order valence-corrected chi connectivity index (χ1v) is 9.62. The lowest BCUT2D eigenvalue weighted by atomic mass is 9.94. The molecule has 2 fully saturated rings. The standard InChI is InChI=1S/C16H27N3OS/c1-2-17-13-9-5-3-4-8-12(13)16-18-15(19-20-16)14-10-6-7-11-21-14/h12-14,17H,2-11H2,1H3. The highest BCUT2D eigenvalue weighted by molar-refractivity contribution is 7.99. The SMILES string of the molecule is CCNC1CCCCCC1c1nc(C2CCCCS2)no1. The van der Waals surface area contributed by atoms with Gasteiger partial charge in [-0.25, -0.2) is 0 Å². The van der Waals surface area contributed by atoms with Gasteiger partial charge in [0.25, 0.3) is 0 Å². The molecule has 118 valence electrons. The van der Waals surface area contributed by atoms with Crippen LogP contribution in [0.4, 0.5) is 0 Å². The van der Waals surface area contributed by atoms with Gasteiger partial charge in [0.2, 0.25) is 5.89 Å². The maximum atomic E-state index is 5.68. The highest BCUT2D eigenvalue weighted by atomic mass is 32.2. The van der Waals surface area contributed by atoms with Crippen LogP contribution in [-0.4, -0.2) is 28.5 Å². The third kappa shape index (κ3) is 3.81. The molecule has 1 saturated carbocycles. The van der Waals surface area contributed by atoms with Crippen molar-refractivity contribution in [3.8, 4) is 0 Å². The molecule has 1 N–H and O–H groups in total. The van der Waals surface area contributed by atoms with Gasteiger partial charge in [-0.2, -0.15) is 16.7 Å². The molecule has 0 bridgehead atoms. The summed E-state index contributed by atoms with van der Waals surface area (Å²) in [6.07, 6.45) is 10.2. The number of likely N-dealkylation sites (N-methyl/N-ethyl adjacent to an activating group) is 1. The molecule has 1 aliphatic carbocycles. The lowest BCUT2D eigenvalue weighted by molar-refractivity contribution is 0.304. The average molecular weight is 309 g/mol. The quantitative estimate of drug-likeness (QED) is 0.850. The minimum absolute atomic E-state index is 0.405. The van der Waals surface area contributed by atoms with Crippen LogP contribution in [0.1, 0.15) is 81.2 Å². The third-order valence-electron chi connectivity index (χ3n) is 4.72. The Morgan fingerprint density at radius 2 is 2.00 bits per heavy atom. The summed E-state index contributed by atoms with van der Waals surface area (Å²) in [4.78, 5) is 4.79. The molecule has 3 atom stereocenters. The Kier molecular flexibility index (Phi) is 5.58. The van der Waals surface area contributed by atoms with Crippen LogP contribution in [0.2, 0.25) is 0 Å². The molecule has 0 radical (unpaired) electrons. The van der Waals surface area contributed by atoms with Crippen LogP contribution in [0.5, 0.6) is 0 Å². The molecule has 0 aromatic carbocycles. The van der Waals surface area contributed by atoms with E-state index in [9.17, 15) is 0 Å². The Morgan fingerprint density at radius 3 is 2.81 bits per heavy atom. The van der Waals surface area contributed by atoms with E-state index < -0.39 is 0 Å². The van der Waals surface area contributed by atoms with Crippen LogP contribution in [0.15, 0.2) is 4.52 Å². The van der Waals surface area contributed by atoms with Crippen LogP contribution in [0.25, 0.3) is 0 Å². The van der Waals surface area contributed by atoms with Crippen molar-refractivity contribution in [2.45, 2.75) is 75.5 Å². The van der Waals surface area contributed by atoms with Gasteiger partial charge in [-0.1, -0.05) is 37.8 Å². The number of thioether (sulfide) groups is 1. The second kappa shape index (κ2) is 7.63. The number of nitrogens with zero attached hydrogens (tertiary/aromatic N) is 2. The van der Waals surface area contributed by atoms with E-state index >= 15 is 0 Å². The first kappa shape index (κ1) is 15.3. The summed E-state index contributed by atoms with van der Waals surface area (Å²) in [7, 11) is 0. The van der Waals surface area contributed by atoms with E-state index in [1.54, 1.807) is 0 Å². The molecule has 5 heteroatoms. The second-order valence-electron chi connectivity index (χ2n) is 6.25. The summed E-state index contributed by atoms with van der Waals surface area (Å²) < 4.78 is 5.68. The van der Waals surface area contributed by atoms with Gasteiger partial charge in [0, 0.05) is 6.04 Å². The maximum Gasteiger partial charge on any atom is 0.231 e. The zero-order valence-corrected chi connectivity index (χ0v) is 13.8. The Labute approximate surface area is 131 Å². The number of aromatic nitrogens is 2. The monoisotopic (exact) mass is 309 g/mol. The third-order valence-corrected chi connectivity index (χ3v) is 6.10. The molecular weight excluding hydrogens is 282 g/mol. The number of hydrogen-bond acceptors (Lipinski definition) is 5. The number of rotatable bonds is 4. The average Bonchev–Trinajstić information content (AvgIpc) is 2.90. The largest absolute Gasteiger partial charge is 0.339 e. The highest BCUT2D eigenvalue weighted by Gasteiger charge is 2.30. The lowest BCUT2D eigenvalue weighted by Gasteiger charge is -2.22. The zero-order valence-electron chi connectivity index (χ0n) is 13.0. The maximum absolute atomic E-state index is 5.68. The molecule has 3 unspecified atom stereocenters. The van der Waals surface area contributed by atoms with Crippen molar-refractivity contribution in [2.75, 3.05) is 12.3 Å². The van der Waals surface area contributed by atoms with Crippen LogP contribution < -0.4 is 5.32 Å². The van der Waals surface area contributed by atoms with Crippen molar-refractivity contribution in [3.63, 3.8) is 0 Å². The summed E-state index contributed by atoms with van der Waals surface area (Å²) in [5, 5.41) is 8.39. The fourth-order valence-corrected chi connectivity index (χ4v) is 4.82. The number of hydrogen-bond donors (Lipinski definition) is 1. The molecule has 1 saturated heterocycles. The van der Waals surface area contributed by atoms with Gasteiger partial charge in [-0.3, -0.25) is 0 Å². The summed E-state index contributed by atoms with van der Waals surface area (Å²) in [5.41, 5.74) is 0. The predicted molar refractivity (Wildman–Crippen MR) is 86.6 cm³/mol. The molecule has 21 heavy (non-hydrogen) atoms. The van der Waals surface area contributed by atoms with Crippen molar-refractivity contribution in [1.82, 2.24) is 15.5 Å². The van der Waals surface area contributed by atoms with E-state index in [0.717, 1.165) is 18.3 Å². The minimum atomic E-state index is 0.405. The Morgan fingerprint density at radius 1 is 1.14 bits per heavy atom. The molecule has 0 amide bonds. The smallest absolute Gasteiger partial charge is 0.231 e. The molecular formula is C16H27N3OS. The van der Waals surface area contributed by atoms with Crippen molar-refractivity contribution in [3.05, 3.63) is 11.7 Å². The van der Waals surface area contributed by atoms with E-state index in [4.69, 9.17) is 9.51 Å². The van der Waals surface area contributed by atoms with Gasteiger partial charge in [-0.05, 0) is 38.0 Å². The van der Waals surface area contributed by atoms with Crippen molar-refractivity contribution in [1.29, 1.82) is 0 Å². The summed E-state index contributed by atoms with van der Waals surface area (Å²) in [6, 6.07) is 0.504. The molecule has 1 aromatic rings.